The molecule has 0 unspecified atom stereocenters. The van der Waals surface area contributed by atoms with Crippen LogP contribution in [-0.4, -0.2) is 47.7 Å². The van der Waals surface area contributed by atoms with Crippen molar-refractivity contribution >= 4 is 28.0 Å². The van der Waals surface area contributed by atoms with Crippen molar-refractivity contribution in [2.24, 2.45) is 12.8 Å². The average Bonchev–Trinajstić information content (AvgIpc) is 3.30. The number of aryl methyl sites for hydroxylation is 2. The summed E-state index contributed by atoms with van der Waals surface area (Å²) in [5, 5.41) is 0.785. The topological polar surface area (TPSA) is 117 Å². The summed E-state index contributed by atoms with van der Waals surface area (Å²) in [6.07, 6.45) is -7.11. The molecule has 3 aromatic heterocycles. The third kappa shape index (κ3) is 3.98. The van der Waals surface area contributed by atoms with E-state index < -0.39 is 55.5 Å². The predicted octanol–water partition coefficient (Wildman–Crippen LogP) is 1.15. The summed E-state index contributed by atoms with van der Waals surface area (Å²) in [7, 11) is 1.29. The van der Waals surface area contributed by atoms with Gasteiger partial charge in [-0.2, -0.15) is 4.98 Å². The lowest BCUT2D eigenvalue weighted by Gasteiger charge is -2.31. The van der Waals surface area contributed by atoms with Crippen molar-refractivity contribution in [1.82, 2.24) is 28.7 Å². The van der Waals surface area contributed by atoms with Crippen LogP contribution in [0.1, 0.15) is 43.5 Å². The standard InChI is InChI=1S/C25H28N8O2/c1-4-5-13-32-21-22(29-24(32)31-12-8-9-17(26)14-31)30(3)25(35)33(23(21)34)15-20-27-16(2)18-10-6-7-11-19(18)28-20/h6-7,10-11,17H,8-9,12-15,26H2,1-3H3/t17-/m0/s1/i8D2,9D2,12D2,14D2,17D. The molecular formula is C25H28N8O2. The number of rotatable bonds is 4. The summed E-state index contributed by atoms with van der Waals surface area (Å²) in [6.45, 7) is -4.48. The van der Waals surface area contributed by atoms with Crippen LogP contribution in [0.3, 0.4) is 0 Å². The Hall–Kier alpha value is -3.97. The Morgan fingerprint density at radius 1 is 1.23 bits per heavy atom. The van der Waals surface area contributed by atoms with Crippen molar-refractivity contribution in [3.8, 4) is 11.8 Å². The number of fused-ring (bicyclic) bond motifs is 2. The number of imidazole rings is 1. The second-order valence-electron chi connectivity index (χ2n) is 7.79. The molecule has 10 nitrogen and oxygen atoms in total. The largest absolute Gasteiger partial charge is 0.341 e. The van der Waals surface area contributed by atoms with Crippen molar-refractivity contribution in [3.63, 3.8) is 0 Å². The Bertz CT molecular complexity index is 1990. The summed E-state index contributed by atoms with van der Waals surface area (Å²) >= 11 is 0. The SMILES string of the molecule is [2H]C1([2H])N(c2nc3c(c(=O)n(Cc4nc(C)c5ccccc5n4)c(=O)n3C)n2CC#CC)C([2H])([2H])[C@@]([2H])(N)C([2H])([2H])C1([2H])[2H]. The summed E-state index contributed by atoms with van der Waals surface area (Å²) in [5.41, 5.74) is 4.64. The zero-order chi connectivity index (χ0) is 32.8. The Labute approximate surface area is 214 Å². The first-order valence-corrected chi connectivity index (χ1v) is 10.7. The van der Waals surface area contributed by atoms with Crippen molar-refractivity contribution < 1.29 is 12.3 Å². The second-order valence-corrected chi connectivity index (χ2v) is 7.79. The number of hydrogen-bond acceptors (Lipinski definition) is 7. The quantitative estimate of drug-likeness (QED) is 0.435. The maximum absolute atomic E-state index is 14.0. The molecule has 1 saturated heterocycles. The van der Waals surface area contributed by atoms with Crippen LogP contribution in [-0.2, 0) is 20.1 Å². The zero-order valence-electron chi connectivity index (χ0n) is 28.2. The van der Waals surface area contributed by atoms with E-state index in [1.807, 2.05) is 12.1 Å². The van der Waals surface area contributed by atoms with Crippen molar-refractivity contribution in [3.05, 3.63) is 56.6 Å². The van der Waals surface area contributed by atoms with Gasteiger partial charge in [-0.05, 0) is 32.7 Å². The van der Waals surface area contributed by atoms with Crippen molar-refractivity contribution in [2.45, 2.75) is 45.7 Å². The minimum absolute atomic E-state index is 0.121. The highest BCUT2D eigenvalue weighted by atomic mass is 16.2. The number of anilines is 1. The number of piperidine rings is 1. The van der Waals surface area contributed by atoms with Crippen LogP contribution in [0.15, 0.2) is 33.9 Å². The molecule has 0 amide bonds. The van der Waals surface area contributed by atoms with Gasteiger partial charge in [-0.15, -0.1) is 5.92 Å². The van der Waals surface area contributed by atoms with Gasteiger partial charge < -0.3 is 10.6 Å². The molecule has 1 fully saturated rings. The third-order valence-electron chi connectivity index (χ3n) is 5.56. The normalized spacial score (nSPS) is 27.7. The maximum atomic E-state index is 14.0. The van der Waals surface area contributed by atoms with E-state index in [9.17, 15) is 9.59 Å². The molecule has 5 rings (SSSR count). The van der Waals surface area contributed by atoms with E-state index in [1.54, 1.807) is 19.1 Å². The van der Waals surface area contributed by atoms with Gasteiger partial charge in [-0.25, -0.2) is 14.8 Å². The van der Waals surface area contributed by atoms with Crippen LogP contribution < -0.4 is 21.9 Å². The van der Waals surface area contributed by atoms with E-state index in [-0.39, 0.29) is 28.4 Å². The van der Waals surface area contributed by atoms with Crippen LogP contribution in [0.4, 0.5) is 5.95 Å². The van der Waals surface area contributed by atoms with Gasteiger partial charge in [-0.3, -0.25) is 18.5 Å². The number of para-hydroxylation sites is 1. The molecule has 0 bridgehead atoms. The molecule has 10 heteroatoms. The van der Waals surface area contributed by atoms with Crippen LogP contribution in [0, 0.1) is 18.8 Å². The van der Waals surface area contributed by atoms with E-state index in [0.29, 0.717) is 11.2 Å². The third-order valence-corrected chi connectivity index (χ3v) is 5.56. The highest BCUT2D eigenvalue weighted by Crippen LogP contribution is 2.23. The maximum Gasteiger partial charge on any atom is 0.332 e. The monoisotopic (exact) mass is 481 g/mol. The lowest BCUT2D eigenvalue weighted by molar-refractivity contribution is 0.496. The van der Waals surface area contributed by atoms with Crippen LogP contribution in [0.5, 0.6) is 0 Å². The van der Waals surface area contributed by atoms with Gasteiger partial charge in [0.1, 0.15) is 5.82 Å². The molecule has 0 saturated carbocycles. The van der Waals surface area contributed by atoms with Crippen LogP contribution in [0.2, 0.25) is 0 Å². The second kappa shape index (κ2) is 9.00. The first kappa shape index (κ1) is 14.4. The fourth-order valence-electron chi connectivity index (χ4n) is 3.91. The average molecular weight is 482 g/mol. The van der Waals surface area contributed by atoms with Gasteiger partial charge in [0.2, 0.25) is 5.95 Å². The van der Waals surface area contributed by atoms with Gasteiger partial charge >= 0.3 is 5.69 Å². The predicted molar refractivity (Wildman–Crippen MR) is 135 cm³/mol. The fourth-order valence-corrected chi connectivity index (χ4v) is 3.91. The number of nitrogens with zero attached hydrogens (tertiary/aromatic N) is 7. The molecule has 1 atom stereocenters. The first-order valence-electron chi connectivity index (χ1n) is 15.2. The van der Waals surface area contributed by atoms with Crippen molar-refractivity contribution in [2.75, 3.05) is 17.9 Å². The van der Waals surface area contributed by atoms with E-state index in [2.05, 4.69) is 26.8 Å². The molecule has 1 aliphatic heterocycles. The molecule has 0 spiro atoms. The first-order chi connectivity index (χ1) is 20.3. The minimum Gasteiger partial charge on any atom is -0.341 e. The molecular weight excluding hydrogens is 444 g/mol. The summed E-state index contributed by atoms with van der Waals surface area (Å²) < 4.78 is 78.9. The van der Waals surface area contributed by atoms with Gasteiger partial charge in [0.05, 0.1) is 21.3 Å². The van der Waals surface area contributed by atoms with Gasteiger partial charge in [-0.1, -0.05) is 24.1 Å². The molecule has 0 aliphatic carbocycles. The van der Waals surface area contributed by atoms with Gasteiger partial charge in [0.15, 0.2) is 11.2 Å². The number of benzene rings is 1. The molecule has 1 aliphatic rings. The highest BCUT2D eigenvalue weighted by Gasteiger charge is 2.26. The molecule has 2 N–H and O–H groups in total. The van der Waals surface area contributed by atoms with E-state index >= 15 is 0 Å². The summed E-state index contributed by atoms with van der Waals surface area (Å²) in [5.74, 6) is 4.73. The molecule has 4 aromatic rings. The van der Waals surface area contributed by atoms with Crippen LogP contribution >= 0.6 is 0 Å². The lowest BCUT2D eigenvalue weighted by atomic mass is 10.1. The van der Waals surface area contributed by atoms with Crippen LogP contribution in [0.25, 0.3) is 22.1 Å². The molecule has 35 heavy (non-hydrogen) atoms. The van der Waals surface area contributed by atoms with E-state index in [1.165, 1.54) is 14.0 Å². The molecule has 1 aromatic carbocycles. The van der Waals surface area contributed by atoms with Gasteiger partial charge in [0.25, 0.3) is 5.56 Å². The minimum atomic E-state index is -3.57. The Kier molecular flexibility index (Phi) is 3.71. The van der Waals surface area contributed by atoms with E-state index in [0.717, 1.165) is 19.1 Å². The summed E-state index contributed by atoms with van der Waals surface area (Å²) in [4.78, 5) is 40.7. The lowest BCUT2D eigenvalue weighted by Crippen LogP contribution is -2.44. The number of aromatic nitrogens is 6. The Morgan fingerprint density at radius 2 is 2.03 bits per heavy atom. The smallest absolute Gasteiger partial charge is 0.332 e. The summed E-state index contributed by atoms with van der Waals surface area (Å²) in [6, 6.07) is 3.81. The highest BCUT2D eigenvalue weighted by molar-refractivity contribution is 5.80. The molecule has 0 radical (unpaired) electrons. The Morgan fingerprint density at radius 3 is 2.83 bits per heavy atom. The van der Waals surface area contributed by atoms with Gasteiger partial charge in [0, 0.05) is 46.7 Å². The van der Waals surface area contributed by atoms with Crippen molar-refractivity contribution in [1.29, 1.82) is 0 Å². The van der Waals surface area contributed by atoms with E-state index in [4.69, 9.17) is 18.1 Å². The number of nitrogens with two attached hydrogens (primary N) is 1. The Balaban J connectivity index is 1.81. The zero-order valence-corrected chi connectivity index (χ0v) is 19.2. The number of hydrogen-bond donors (Lipinski definition) is 1. The molecule has 180 valence electrons. The fraction of sp³-hybridized carbons (Fsp3) is 0.400. The molecule has 4 heterocycles.